The Morgan fingerprint density at radius 3 is 2.69 bits per heavy atom. The summed E-state index contributed by atoms with van der Waals surface area (Å²) in [4.78, 5) is 40.1. The van der Waals surface area contributed by atoms with Crippen LogP contribution in [0.3, 0.4) is 0 Å². The van der Waals surface area contributed by atoms with Crippen molar-refractivity contribution < 1.29 is 18.8 Å². The van der Waals surface area contributed by atoms with E-state index in [1.807, 2.05) is 25.1 Å². The zero-order chi connectivity index (χ0) is 22.5. The highest BCUT2D eigenvalue weighted by atomic mass is 16.3. The average molecular weight is 431 g/mol. The average Bonchev–Trinajstić information content (AvgIpc) is 3.49. The van der Waals surface area contributed by atoms with E-state index < -0.39 is 6.04 Å². The number of nitrogens with zero attached hydrogens (tertiary/aromatic N) is 1. The van der Waals surface area contributed by atoms with Gasteiger partial charge in [-0.25, -0.2) is 0 Å². The van der Waals surface area contributed by atoms with Crippen molar-refractivity contribution >= 4 is 23.4 Å². The van der Waals surface area contributed by atoms with Gasteiger partial charge in [-0.2, -0.15) is 0 Å². The molecule has 1 aromatic heterocycles. The lowest BCUT2D eigenvalue weighted by Crippen LogP contribution is -2.45. The molecule has 0 aliphatic carbocycles. The molecule has 1 aliphatic heterocycles. The largest absolute Gasteiger partial charge is 0.467 e. The summed E-state index contributed by atoms with van der Waals surface area (Å²) in [5.74, 6) is -0.000676. The summed E-state index contributed by atoms with van der Waals surface area (Å²) in [7, 11) is 0. The maximum atomic E-state index is 13.2. The second-order valence-corrected chi connectivity index (χ2v) is 7.80. The lowest BCUT2D eigenvalue weighted by molar-refractivity contribution is -0.125. The number of hydrogen-bond donors (Lipinski definition) is 2. The first-order chi connectivity index (χ1) is 15.5. The Labute approximate surface area is 186 Å². The summed E-state index contributed by atoms with van der Waals surface area (Å²) in [5, 5.41) is 5.70. The highest BCUT2D eigenvalue weighted by Gasteiger charge is 2.34. The molecule has 4 rings (SSSR count). The van der Waals surface area contributed by atoms with Crippen molar-refractivity contribution in [3.8, 4) is 0 Å². The molecular formula is C25H25N3O4. The maximum absolute atomic E-state index is 13.2. The summed E-state index contributed by atoms with van der Waals surface area (Å²) in [6.07, 6.45) is 2.92. The first kappa shape index (κ1) is 21.4. The Bertz CT molecular complexity index is 1120. The van der Waals surface area contributed by atoms with E-state index in [-0.39, 0.29) is 24.3 Å². The van der Waals surface area contributed by atoms with Gasteiger partial charge in [0.25, 0.3) is 11.8 Å². The number of rotatable bonds is 6. The molecule has 32 heavy (non-hydrogen) atoms. The Morgan fingerprint density at radius 2 is 1.91 bits per heavy atom. The maximum Gasteiger partial charge on any atom is 0.255 e. The van der Waals surface area contributed by atoms with Gasteiger partial charge in [0.1, 0.15) is 11.8 Å². The smallest absolute Gasteiger partial charge is 0.255 e. The number of carbonyl (C=O) groups is 3. The molecule has 164 valence electrons. The number of hydrogen-bond acceptors (Lipinski definition) is 4. The number of amides is 3. The van der Waals surface area contributed by atoms with Crippen LogP contribution in [0.5, 0.6) is 0 Å². The number of likely N-dealkylation sites (tertiary alicyclic amines) is 1. The predicted octanol–water partition coefficient (Wildman–Crippen LogP) is 3.76. The molecule has 0 radical (unpaired) electrons. The first-order valence-electron chi connectivity index (χ1n) is 10.6. The lowest BCUT2D eigenvalue weighted by atomic mass is 10.1. The molecule has 3 aromatic rings. The number of aryl methyl sites for hydroxylation is 1. The van der Waals surface area contributed by atoms with Crippen LogP contribution in [0.2, 0.25) is 0 Å². The molecule has 0 saturated carbocycles. The van der Waals surface area contributed by atoms with E-state index >= 15 is 0 Å². The fourth-order valence-corrected chi connectivity index (χ4v) is 3.91. The third kappa shape index (κ3) is 4.72. The topological polar surface area (TPSA) is 91.7 Å². The molecule has 7 heteroatoms. The fraction of sp³-hybridized carbons (Fsp3) is 0.240. The van der Waals surface area contributed by atoms with Gasteiger partial charge in [-0.05, 0) is 61.7 Å². The monoisotopic (exact) mass is 431 g/mol. The second-order valence-electron chi connectivity index (χ2n) is 7.80. The zero-order valence-electron chi connectivity index (χ0n) is 17.8. The van der Waals surface area contributed by atoms with Gasteiger partial charge in [-0.15, -0.1) is 0 Å². The van der Waals surface area contributed by atoms with Crippen LogP contribution in [0.4, 0.5) is 5.69 Å². The minimum Gasteiger partial charge on any atom is -0.467 e. The Morgan fingerprint density at radius 1 is 1.06 bits per heavy atom. The van der Waals surface area contributed by atoms with Gasteiger partial charge in [0, 0.05) is 23.4 Å². The number of carbonyl (C=O) groups excluding carboxylic acids is 3. The fourth-order valence-electron chi connectivity index (χ4n) is 3.91. The van der Waals surface area contributed by atoms with E-state index in [1.165, 1.54) is 0 Å². The molecule has 1 unspecified atom stereocenters. The van der Waals surface area contributed by atoms with Crippen molar-refractivity contribution in [1.29, 1.82) is 0 Å². The minimum atomic E-state index is -0.525. The first-order valence-corrected chi connectivity index (χ1v) is 10.6. The van der Waals surface area contributed by atoms with E-state index in [0.29, 0.717) is 35.5 Å². The van der Waals surface area contributed by atoms with Crippen LogP contribution in [0.1, 0.15) is 44.9 Å². The molecule has 1 atom stereocenters. The number of nitrogens with one attached hydrogen (secondary N) is 2. The van der Waals surface area contributed by atoms with Gasteiger partial charge < -0.3 is 20.0 Å². The van der Waals surface area contributed by atoms with Crippen molar-refractivity contribution in [2.45, 2.75) is 32.4 Å². The molecule has 2 N–H and O–H groups in total. The molecular weight excluding hydrogens is 406 g/mol. The molecule has 1 aliphatic rings. The van der Waals surface area contributed by atoms with E-state index in [1.54, 1.807) is 53.6 Å². The number of furan rings is 1. The van der Waals surface area contributed by atoms with Crippen LogP contribution >= 0.6 is 0 Å². The van der Waals surface area contributed by atoms with Gasteiger partial charge in [0.15, 0.2) is 0 Å². The van der Waals surface area contributed by atoms with Crippen molar-refractivity contribution in [3.05, 3.63) is 89.4 Å². The Kier molecular flexibility index (Phi) is 6.35. The number of anilines is 1. The molecule has 2 aromatic carbocycles. The van der Waals surface area contributed by atoms with Gasteiger partial charge in [0.2, 0.25) is 5.91 Å². The standard InChI is InChI=1S/C25H25N3O4/c1-17-7-2-3-11-21(17)23(29)27-19-9-4-8-18(15-19)25(31)28-13-5-12-22(28)24(30)26-16-20-10-6-14-32-20/h2-4,6-11,14-15,22H,5,12-13,16H2,1H3,(H,26,30)(H,27,29). The van der Waals surface area contributed by atoms with E-state index in [0.717, 1.165) is 12.0 Å². The van der Waals surface area contributed by atoms with Crippen LogP contribution in [0, 0.1) is 6.92 Å². The molecule has 2 heterocycles. The Balaban J connectivity index is 1.44. The highest BCUT2D eigenvalue weighted by molar-refractivity contribution is 6.06. The van der Waals surface area contributed by atoms with Gasteiger partial charge in [-0.3, -0.25) is 14.4 Å². The molecule has 1 saturated heterocycles. The number of benzene rings is 2. The summed E-state index contributed by atoms with van der Waals surface area (Å²) >= 11 is 0. The van der Waals surface area contributed by atoms with Crippen molar-refractivity contribution in [2.24, 2.45) is 0 Å². The summed E-state index contributed by atoms with van der Waals surface area (Å²) < 4.78 is 5.24. The van der Waals surface area contributed by atoms with E-state index in [9.17, 15) is 14.4 Å². The minimum absolute atomic E-state index is 0.198. The second kappa shape index (κ2) is 9.51. The summed E-state index contributed by atoms with van der Waals surface area (Å²) in [6, 6.07) is 17.2. The van der Waals surface area contributed by atoms with Crippen LogP contribution in [-0.4, -0.2) is 35.2 Å². The van der Waals surface area contributed by atoms with Crippen LogP contribution < -0.4 is 10.6 Å². The SMILES string of the molecule is Cc1ccccc1C(=O)Nc1cccc(C(=O)N2CCCC2C(=O)NCc2ccco2)c1. The van der Waals surface area contributed by atoms with Crippen molar-refractivity contribution in [3.63, 3.8) is 0 Å². The highest BCUT2D eigenvalue weighted by Crippen LogP contribution is 2.22. The van der Waals surface area contributed by atoms with Gasteiger partial charge in [0.05, 0.1) is 12.8 Å². The normalized spacial score (nSPS) is 15.4. The van der Waals surface area contributed by atoms with Crippen molar-refractivity contribution in [1.82, 2.24) is 10.2 Å². The van der Waals surface area contributed by atoms with Gasteiger partial charge >= 0.3 is 0 Å². The Hall–Kier alpha value is -3.87. The van der Waals surface area contributed by atoms with E-state index in [4.69, 9.17) is 4.42 Å². The summed E-state index contributed by atoms with van der Waals surface area (Å²) in [6.45, 7) is 2.67. The lowest BCUT2D eigenvalue weighted by Gasteiger charge is -2.24. The predicted molar refractivity (Wildman–Crippen MR) is 120 cm³/mol. The van der Waals surface area contributed by atoms with Gasteiger partial charge in [-0.1, -0.05) is 24.3 Å². The molecule has 0 bridgehead atoms. The third-order valence-corrected chi connectivity index (χ3v) is 5.59. The zero-order valence-corrected chi connectivity index (χ0v) is 17.8. The summed E-state index contributed by atoms with van der Waals surface area (Å²) in [5.41, 5.74) is 2.41. The third-order valence-electron chi connectivity index (χ3n) is 5.59. The molecule has 3 amide bonds. The molecule has 7 nitrogen and oxygen atoms in total. The van der Waals surface area contributed by atoms with E-state index in [2.05, 4.69) is 10.6 Å². The van der Waals surface area contributed by atoms with Crippen LogP contribution in [0.25, 0.3) is 0 Å². The quantitative estimate of drug-likeness (QED) is 0.622. The molecule has 1 fully saturated rings. The molecule has 0 spiro atoms. The van der Waals surface area contributed by atoms with Crippen LogP contribution in [-0.2, 0) is 11.3 Å². The van der Waals surface area contributed by atoms with Crippen molar-refractivity contribution in [2.75, 3.05) is 11.9 Å². The van der Waals surface area contributed by atoms with Crippen LogP contribution in [0.15, 0.2) is 71.3 Å².